The molecule has 6 N–H and O–H groups in total. The molecule has 3 aliphatic rings. The lowest BCUT2D eigenvalue weighted by Crippen LogP contribution is -2.63. The van der Waals surface area contributed by atoms with E-state index in [0.29, 0.717) is 32.5 Å². The topological polar surface area (TPSA) is 166 Å². The van der Waals surface area contributed by atoms with E-state index in [0.717, 1.165) is 12.8 Å². The molecule has 13 heteroatoms. The number of nitrogens with zero attached hydrogens (tertiary/aromatic N) is 2. The van der Waals surface area contributed by atoms with Crippen molar-refractivity contribution in [1.29, 1.82) is 0 Å². The molecule has 3 fully saturated rings. The van der Waals surface area contributed by atoms with Crippen molar-refractivity contribution in [2.24, 2.45) is 11.7 Å². The van der Waals surface area contributed by atoms with E-state index in [4.69, 9.17) is 20.5 Å². The number of carbonyl (C=O) groups is 1. The zero-order chi connectivity index (χ0) is 21.2. The lowest BCUT2D eigenvalue weighted by Gasteiger charge is -2.40. The van der Waals surface area contributed by atoms with Crippen LogP contribution < -0.4 is 11.1 Å². The van der Waals surface area contributed by atoms with Gasteiger partial charge in [-0.3, -0.25) is 4.79 Å². The summed E-state index contributed by atoms with van der Waals surface area (Å²) in [6, 6.07) is -0.190. The van der Waals surface area contributed by atoms with Gasteiger partial charge in [-0.1, -0.05) is 6.42 Å². The SMILES string of the molecule is N[C@@]1(C(=O)O)CN(S(=O)(=O)N(CC2CCCO2)C2CNC2)C[C@@H]1CCCB(O)O. The summed E-state index contributed by atoms with van der Waals surface area (Å²) in [6.45, 7) is 1.65. The van der Waals surface area contributed by atoms with E-state index in [1.54, 1.807) is 0 Å². The summed E-state index contributed by atoms with van der Waals surface area (Å²) in [5.41, 5.74) is 4.44. The molecule has 0 saturated carbocycles. The summed E-state index contributed by atoms with van der Waals surface area (Å²) in [7, 11) is -5.41. The molecule has 29 heavy (non-hydrogen) atoms. The molecule has 3 rings (SSSR count). The molecule has 0 aromatic heterocycles. The van der Waals surface area contributed by atoms with Gasteiger partial charge in [-0.15, -0.1) is 0 Å². The van der Waals surface area contributed by atoms with Gasteiger partial charge in [0.1, 0.15) is 5.54 Å². The number of aliphatic carboxylic acids is 1. The molecule has 0 aliphatic carbocycles. The van der Waals surface area contributed by atoms with Crippen molar-refractivity contribution >= 4 is 23.3 Å². The Morgan fingerprint density at radius 1 is 1.38 bits per heavy atom. The van der Waals surface area contributed by atoms with Crippen LogP contribution in [0.5, 0.6) is 0 Å². The minimum atomic E-state index is -3.92. The van der Waals surface area contributed by atoms with Gasteiger partial charge in [-0.05, 0) is 25.6 Å². The van der Waals surface area contributed by atoms with E-state index in [9.17, 15) is 18.3 Å². The molecule has 0 aromatic carbocycles. The molecule has 3 saturated heterocycles. The predicted molar refractivity (Wildman–Crippen MR) is 105 cm³/mol. The van der Waals surface area contributed by atoms with Crippen molar-refractivity contribution in [2.45, 2.75) is 49.7 Å². The molecule has 0 radical (unpaired) electrons. The first kappa shape index (κ1) is 22.9. The van der Waals surface area contributed by atoms with E-state index in [-0.39, 0.29) is 38.1 Å². The Bertz CT molecular complexity index is 687. The number of nitrogens with two attached hydrogens (primary N) is 1. The second-order valence-electron chi connectivity index (χ2n) is 8.27. The fraction of sp³-hybridized carbons (Fsp3) is 0.938. The van der Waals surface area contributed by atoms with Crippen molar-refractivity contribution in [3.8, 4) is 0 Å². The van der Waals surface area contributed by atoms with E-state index in [1.165, 1.54) is 8.61 Å². The number of rotatable bonds is 10. The van der Waals surface area contributed by atoms with Gasteiger partial charge in [0.05, 0.1) is 12.1 Å². The number of hydrogen-bond acceptors (Lipinski definition) is 8. The normalized spacial score (nSPS) is 31.3. The highest BCUT2D eigenvalue weighted by Gasteiger charge is 2.54. The third kappa shape index (κ3) is 4.93. The lowest BCUT2D eigenvalue weighted by atomic mass is 9.78. The Kier molecular flexibility index (Phi) is 7.21. The van der Waals surface area contributed by atoms with Crippen molar-refractivity contribution in [1.82, 2.24) is 13.9 Å². The molecule has 0 aromatic rings. The first-order valence-electron chi connectivity index (χ1n) is 10.1. The maximum Gasteiger partial charge on any atom is 0.451 e. The zero-order valence-corrected chi connectivity index (χ0v) is 17.3. The molecule has 0 bridgehead atoms. The highest BCUT2D eigenvalue weighted by Crippen LogP contribution is 2.34. The maximum absolute atomic E-state index is 13.4. The van der Waals surface area contributed by atoms with Crippen LogP contribution in [0.1, 0.15) is 25.7 Å². The molecule has 3 atom stereocenters. The summed E-state index contributed by atoms with van der Waals surface area (Å²) in [5, 5.41) is 30.8. The van der Waals surface area contributed by atoms with Gasteiger partial charge >= 0.3 is 13.1 Å². The lowest BCUT2D eigenvalue weighted by molar-refractivity contribution is -0.144. The average molecular weight is 434 g/mol. The van der Waals surface area contributed by atoms with Gasteiger partial charge in [-0.25, -0.2) is 0 Å². The van der Waals surface area contributed by atoms with Gasteiger partial charge in [0, 0.05) is 45.2 Å². The first-order valence-corrected chi connectivity index (χ1v) is 11.5. The van der Waals surface area contributed by atoms with Crippen LogP contribution in [0.2, 0.25) is 6.32 Å². The molecule has 166 valence electrons. The highest BCUT2D eigenvalue weighted by atomic mass is 32.2. The molecule has 1 unspecified atom stereocenters. The average Bonchev–Trinajstić information content (AvgIpc) is 3.21. The Hall–Kier alpha value is -0.795. The van der Waals surface area contributed by atoms with Gasteiger partial charge < -0.3 is 30.9 Å². The second kappa shape index (κ2) is 9.14. The van der Waals surface area contributed by atoms with Crippen LogP contribution >= 0.6 is 0 Å². The molecule has 11 nitrogen and oxygen atoms in total. The van der Waals surface area contributed by atoms with E-state index >= 15 is 0 Å². The summed E-state index contributed by atoms with van der Waals surface area (Å²) < 4.78 is 35.1. The molecule has 3 heterocycles. The van der Waals surface area contributed by atoms with Crippen LogP contribution in [0.4, 0.5) is 0 Å². The molecule has 0 amide bonds. The number of carboxylic acids is 1. The zero-order valence-electron chi connectivity index (χ0n) is 16.4. The summed E-state index contributed by atoms with van der Waals surface area (Å²) in [6.07, 6.45) is 2.26. The minimum Gasteiger partial charge on any atom is -0.480 e. The fourth-order valence-corrected chi connectivity index (χ4v) is 6.18. The van der Waals surface area contributed by atoms with E-state index in [1.807, 2.05) is 0 Å². The molecule has 0 spiro atoms. The quantitative estimate of drug-likeness (QED) is 0.237. The number of nitrogens with one attached hydrogen (secondary N) is 1. The Morgan fingerprint density at radius 3 is 2.62 bits per heavy atom. The molecular weight excluding hydrogens is 403 g/mol. The largest absolute Gasteiger partial charge is 0.480 e. The first-order chi connectivity index (χ1) is 13.6. The fourth-order valence-electron chi connectivity index (χ4n) is 4.25. The minimum absolute atomic E-state index is 0.00513. The van der Waals surface area contributed by atoms with Crippen LogP contribution in [0.25, 0.3) is 0 Å². The molecular formula is C16H31BN4O7S. The smallest absolute Gasteiger partial charge is 0.451 e. The van der Waals surface area contributed by atoms with Gasteiger partial charge in [-0.2, -0.15) is 17.0 Å². The Morgan fingerprint density at radius 2 is 2.10 bits per heavy atom. The van der Waals surface area contributed by atoms with Crippen LogP contribution in [0.15, 0.2) is 0 Å². The van der Waals surface area contributed by atoms with E-state index in [2.05, 4.69) is 5.32 Å². The van der Waals surface area contributed by atoms with Crippen molar-refractivity contribution in [3.05, 3.63) is 0 Å². The monoisotopic (exact) mass is 434 g/mol. The Labute approximate surface area is 171 Å². The summed E-state index contributed by atoms with van der Waals surface area (Å²) in [4.78, 5) is 11.9. The van der Waals surface area contributed by atoms with Crippen LogP contribution in [-0.2, 0) is 19.7 Å². The summed E-state index contributed by atoms with van der Waals surface area (Å²) >= 11 is 0. The highest BCUT2D eigenvalue weighted by molar-refractivity contribution is 7.86. The van der Waals surface area contributed by atoms with Gasteiger partial charge in [0.15, 0.2) is 0 Å². The Balaban J connectivity index is 1.75. The summed E-state index contributed by atoms with van der Waals surface area (Å²) in [5.74, 6) is -1.86. The van der Waals surface area contributed by atoms with E-state index < -0.39 is 34.8 Å². The van der Waals surface area contributed by atoms with Gasteiger partial charge in [0.25, 0.3) is 10.2 Å². The van der Waals surface area contributed by atoms with Crippen LogP contribution in [-0.4, -0.2) is 102 Å². The second-order valence-corrected chi connectivity index (χ2v) is 10.2. The van der Waals surface area contributed by atoms with Gasteiger partial charge in [0.2, 0.25) is 0 Å². The third-order valence-electron chi connectivity index (χ3n) is 6.20. The number of hydrogen-bond donors (Lipinski definition) is 5. The maximum atomic E-state index is 13.4. The van der Waals surface area contributed by atoms with Crippen molar-refractivity contribution in [2.75, 3.05) is 39.3 Å². The standard InChI is InChI=1S/C16H31BN4O7S/c18-16(15(22)23)11-20(9-12(16)3-1-5-17(24)25)29(26,27)21(13-7-19-8-13)10-14-4-2-6-28-14/h12-14,19,24-25H,1-11,18H2,(H,22,23)/t12-,14?,16-/m0/s1. The number of carboxylic acid groups (broad SMARTS) is 1. The van der Waals surface area contributed by atoms with Crippen molar-refractivity contribution < 1.29 is 33.1 Å². The third-order valence-corrected chi connectivity index (χ3v) is 8.17. The predicted octanol–water partition coefficient (Wildman–Crippen LogP) is -2.35. The van der Waals surface area contributed by atoms with Crippen LogP contribution in [0, 0.1) is 5.92 Å². The van der Waals surface area contributed by atoms with Crippen LogP contribution in [0.3, 0.4) is 0 Å². The van der Waals surface area contributed by atoms with Crippen molar-refractivity contribution in [3.63, 3.8) is 0 Å². The molecule has 3 aliphatic heterocycles. The number of ether oxygens (including phenoxy) is 1.